The Bertz CT molecular complexity index is 964. The standard InChI is InChI=1S/C20H25N5O2/c1-11(2)7-15(18(21)26)24-16-9-13-10-22-20(27)17(13)19(25-16)23-14-6-4-5-12(3)8-14/h4-6,8-11,15,22,24,27H,7H2,1-3H3,(H2,21,26)(H,23,25)/t15-/m1/s1. The fourth-order valence-electron chi connectivity index (χ4n) is 3.07. The van der Waals surface area contributed by atoms with Crippen LogP contribution in [0.4, 0.5) is 17.3 Å². The highest BCUT2D eigenvalue weighted by molar-refractivity contribution is 5.99. The second-order valence-corrected chi connectivity index (χ2v) is 7.18. The number of pyridine rings is 1. The number of rotatable bonds is 7. The highest BCUT2D eigenvalue weighted by Gasteiger charge is 2.19. The van der Waals surface area contributed by atoms with Gasteiger partial charge in [-0.2, -0.15) is 0 Å². The van der Waals surface area contributed by atoms with Crippen molar-refractivity contribution in [3.63, 3.8) is 0 Å². The quantitative estimate of drug-likeness (QED) is 0.437. The summed E-state index contributed by atoms with van der Waals surface area (Å²) in [6, 6.07) is 9.12. The van der Waals surface area contributed by atoms with Gasteiger partial charge in [-0.15, -0.1) is 0 Å². The molecule has 7 nitrogen and oxygen atoms in total. The van der Waals surface area contributed by atoms with E-state index < -0.39 is 11.9 Å². The second-order valence-electron chi connectivity index (χ2n) is 7.18. The van der Waals surface area contributed by atoms with Gasteiger partial charge in [-0.25, -0.2) is 4.98 Å². The van der Waals surface area contributed by atoms with Crippen LogP contribution in [0.15, 0.2) is 36.5 Å². The average molecular weight is 367 g/mol. The Balaban J connectivity index is 1.99. The van der Waals surface area contributed by atoms with Gasteiger partial charge in [0.2, 0.25) is 5.91 Å². The number of aromatic amines is 1. The Morgan fingerprint density at radius 2 is 2.11 bits per heavy atom. The van der Waals surface area contributed by atoms with Crippen molar-refractivity contribution in [2.45, 2.75) is 33.2 Å². The molecule has 0 radical (unpaired) electrons. The lowest BCUT2D eigenvalue weighted by molar-refractivity contribution is -0.119. The van der Waals surface area contributed by atoms with Crippen LogP contribution < -0.4 is 16.4 Å². The molecule has 6 N–H and O–H groups in total. The monoisotopic (exact) mass is 367 g/mol. The van der Waals surface area contributed by atoms with Crippen molar-refractivity contribution >= 4 is 34.0 Å². The lowest BCUT2D eigenvalue weighted by atomic mass is 10.0. The number of carbonyl (C=O) groups excluding carboxylic acids is 1. The van der Waals surface area contributed by atoms with E-state index >= 15 is 0 Å². The second kappa shape index (κ2) is 7.57. The number of anilines is 3. The Hall–Kier alpha value is -3.22. The van der Waals surface area contributed by atoms with Crippen LogP contribution in [0, 0.1) is 12.8 Å². The molecule has 0 bridgehead atoms. The van der Waals surface area contributed by atoms with Crippen molar-refractivity contribution in [2.75, 3.05) is 10.6 Å². The maximum absolute atomic E-state index is 11.8. The smallest absolute Gasteiger partial charge is 0.239 e. The molecular formula is C20H25N5O2. The summed E-state index contributed by atoms with van der Waals surface area (Å²) in [6.07, 6.45) is 2.30. The largest absolute Gasteiger partial charge is 0.494 e. The average Bonchev–Trinajstić information content (AvgIpc) is 2.95. The molecule has 0 unspecified atom stereocenters. The van der Waals surface area contributed by atoms with Crippen LogP contribution in [0.25, 0.3) is 10.8 Å². The number of H-pyrrole nitrogens is 1. The van der Waals surface area contributed by atoms with E-state index in [2.05, 4.69) is 20.6 Å². The maximum Gasteiger partial charge on any atom is 0.239 e. The minimum atomic E-state index is -0.519. The van der Waals surface area contributed by atoms with E-state index in [0.29, 0.717) is 29.4 Å². The molecule has 0 saturated heterocycles. The normalized spacial score (nSPS) is 12.3. The Kier molecular flexibility index (Phi) is 5.21. The SMILES string of the molecule is Cc1cccc(Nc2nc(N[C@H](CC(C)C)C(N)=O)cc3c[nH]c(O)c23)c1. The number of amides is 1. The highest BCUT2D eigenvalue weighted by Crippen LogP contribution is 2.34. The van der Waals surface area contributed by atoms with Gasteiger partial charge in [0, 0.05) is 17.3 Å². The molecule has 3 aromatic rings. The van der Waals surface area contributed by atoms with Crippen LogP contribution in [-0.4, -0.2) is 27.0 Å². The van der Waals surface area contributed by atoms with Crippen molar-refractivity contribution in [1.29, 1.82) is 0 Å². The summed E-state index contributed by atoms with van der Waals surface area (Å²) >= 11 is 0. The van der Waals surface area contributed by atoms with Crippen molar-refractivity contribution < 1.29 is 9.90 Å². The molecule has 0 aliphatic carbocycles. The van der Waals surface area contributed by atoms with Gasteiger partial charge in [0.25, 0.3) is 0 Å². The summed E-state index contributed by atoms with van der Waals surface area (Å²) in [5.41, 5.74) is 7.50. The van der Waals surface area contributed by atoms with Crippen molar-refractivity contribution in [1.82, 2.24) is 9.97 Å². The number of carbonyl (C=O) groups is 1. The van der Waals surface area contributed by atoms with E-state index in [-0.39, 0.29) is 5.88 Å². The Labute approximate surface area is 158 Å². The number of aryl methyl sites for hydroxylation is 1. The predicted molar refractivity (Wildman–Crippen MR) is 108 cm³/mol. The fourth-order valence-corrected chi connectivity index (χ4v) is 3.07. The third kappa shape index (κ3) is 4.31. The first-order valence-corrected chi connectivity index (χ1v) is 8.94. The first-order valence-electron chi connectivity index (χ1n) is 8.94. The number of hydrogen-bond acceptors (Lipinski definition) is 5. The van der Waals surface area contributed by atoms with E-state index in [1.807, 2.05) is 45.0 Å². The van der Waals surface area contributed by atoms with Crippen LogP contribution >= 0.6 is 0 Å². The molecular weight excluding hydrogens is 342 g/mol. The lowest BCUT2D eigenvalue weighted by Gasteiger charge is -2.19. The molecule has 1 atom stereocenters. The molecule has 0 aliphatic rings. The molecule has 7 heteroatoms. The van der Waals surface area contributed by atoms with Gasteiger partial charge in [-0.05, 0) is 43.0 Å². The van der Waals surface area contributed by atoms with E-state index in [0.717, 1.165) is 16.6 Å². The van der Waals surface area contributed by atoms with Gasteiger partial charge in [0.1, 0.15) is 17.7 Å². The minimum absolute atomic E-state index is 0.0350. The fraction of sp³-hybridized carbons (Fsp3) is 0.300. The van der Waals surface area contributed by atoms with E-state index in [9.17, 15) is 9.90 Å². The van der Waals surface area contributed by atoms with Gasteiger partial charge in [0.05, 0.1) is 5.39 Å². The number of fused-ring (bicyclic) bond motifs is 1. The number of aromatic nitrogens is 2. The van der Waals surface area contributed by atoms with Crippen LogP contribution in [0.3, 0.4) is 0 Å². The number of primary amides is 1. The van der Waals surface area contributed by atoms with E-state index in [4.69, 9.17) is 5.73 Å². The zero-order chi connectivity index (χ0) is 19.6. The molecule has 2 aromatic heterocycles. The number of nitrogens with one attached hydrogen (secondary N) is 3. The third-order valence-electron chi connectivity index (χ3n) is 4.30. The maximum atomic E-state index is 11.8. The van der Waals surface area contributed by atoms with Crippen LogP contribution in [0.2, 0.25) is 0 Å². The zero-order valence-corrected chi connectivity index (χ0v) is 15.7. The number of benzene rings is 1. The molecule has 2 heterocycles. The van der Waals surface area contributed by atoms with Gasteiger partial charge in [-0.3, -0.25) is 4.79 Å². The van der Waals surface area contributed by atoms with Gasteiger partial charge < -0.3 is 26.5 Å². The Morgan fingerprint density at radius 1 is 1.33 bits per heavy atom. The summed E-state index contributed by atoms with van der Waals surface area (Å²) in [5.74, 6) is 0.927. The number of nitrogens with zero attached hydrogens (tertiary/aromatic N) is 1. The summed E-state index contributed by atoms with van der Waals surface area (Å²) < 4.78 is 0. The molecule has 0 fully saturated rings. The van der Waals surface area contributed by atoms with E-state index in [1.165, 1.54) is 0 Å². The van der Waals surface area contributed by atoms with Crippen molar-refractivity contribution in [2.24, 2.45) is 11.7 Å². The van der Waals surface area contributed by atoms with Crippen molar-refractivity contribution in [3.05, 3.63) is 42.1 Å². The van der Waals surface area contributed by atoms with Crippen LogP contribution in [0.1, 0.15) is 25.8 Å². The van der Waals surface area contributed by atoms with Crippen LogP contribution in [0.5, 0.6) is 5.88 Å². The highest BCUT2D eigenvalue weighted by atomic mass is 16.3. The summed E-state index contributed by atoms with van der Waals surface area (Å²) in [6.45, 7) is 6.07. The number of nitrogens with two attached hydrogens (primary N) is 1. The predicted octanol–water partition coefficient (Wildman–Crippen LogP) is 3.63. The summed E-state index contributed by atoms with van der Waals surface area (Å²) in [4.78, 5) is 19.2. The topological polar surface area (TPSA) is 116 Å². The van der Waals surface area contributed by atoms with Gasteiger partial charge in [0.15, 0.2) is 5.88 Å². The van der Waals surface area contributed by atoms with Crippen LogP contribution in [-0.2, 0) is 4.79 Å². The first-order chi connectivity index (χ1) is 12.8. The molecule has 3 rings (SSSR count). The van der Waals surface area contributed by atoms with Crippen molar-refractivity contribution in [3.8, 4) is 5.88 Å². The molecule has 1 amide bonds. The Morgan fingerprint density at radius 3 is 2.78 bits per heavy atom. The molecule has 0 saturated carbocycles. The molecule has 142 valence electrons. The number of aromatic hydroxyl groups is 1. The minimum Gasteiger partial charge on any atom is -0.494 e. The van der Waals surface area contributed by atoms with Gasteiger partial charge in [-0.1, -0.05) is 26.0 Å². The third-order valence-corrected chi connectivity index (χ3v) is 4.30. The molecule has 27 heavy (non-hydrogen) atoms. The first kappa shape index (κ1) is 18.6. The molecule has 1 aromatic carbocycles. The molecule has 0 aliphatic heterocycles. The number of hydrogen-bond donors (Lipinski definition) is 5. The van der Waals surface area contributed by atoms with Gasteiger partial charge >= 0.3 is 0 Å². The summed E-state index contributed by atoms with van der Waals surface area (Å²) in [5, 5.41) is 17.9. The lowest BCUT2D eigenvalue weighted by Crippen LogP contribution is -2.36. The molecule has 0 spiro atoms. The zero-order valence-electron chi connectivity index (χ0n) is 15.7. The summed E-state index contributed by atoms with van der Waals surface area (Å²) in [7, 11) is 0. The van der Waals surface area contributed by atoms with E-state index in [1.54, 1.807) is 12.3 Å².